The summed E-state index contributed by atoms with van der Waals surface area (Å²) >= 11 is 1.50. The topological polar surface area (TPSA) is 80.5 Å². The Morgan fingerprint density at radius 3 is 3.00 bits per heavy atom. The highest BCUT2D eigenvalue weighted by Gasteiger charge is 2.10. The smallest absolute Gasteiger partial charge is 0.226 e. The van der Waals surface area contributed by atoms with Crippen LogP contribution in [0.2, 0.25) is 0 Å². The third-order valence-electron chi connectivity index (χ3n) is 3.19. The molecule has 0 aliphatic carbocycles. The molecule has 0 unspecified atom stereocenters. The predicted octanol–water partition coefficient (Wildman–Crippen LogP) is -0.0172. The molecule has 0 atom stereocenters. The number of hydrogen-bond acceptors (Lipinski definition) is 6. The van der Waals surface area contributed by atoms with Gasteiger partial charge in [-0.1, -0.05) is 0 Å². The fourth-order valence-corrected chi connectivity index (χ4v) is 2.78. The van der Waals surface area contributed by atoms with Crippen LogP contribution in [0.3, 0.4) is 0 Å². The Balaban J connectivity index is 1.57. The summed E-state index contributed by atoms with van der Waals surface area (Å²) in [6.07, 6.45) is 1.31. The number of nitrogens with two attached hydrogens (primary N) is 1. The first-order valence-corrected chi connectivity index (χ1v) is 7.86. The molecule has 0 radical (unpaired) electrons. The molecule has 3 N–H and O–H groups in total. The molecule has 6 nitrogen and oxygen atoms in total. The molecule has 0 spiro atoms. The van der Waals surface area contributed by atoms with Gasteiger partial charge >= 0.3 is 0 Å². The van der Waals surface area contributed by atoms with Gasteiger partial charge < -0.3 is 15.8 Å². The van der Waals surface area contributed by atoms with Crippen LogP contribution < -0.4 is 11.1 Å². The van der Waals surface area contributed by atoms with Crippen LogP contribution in [0.4, 0.5) is 0 Å². The summed E-state index contributed by atoms with van der Waals surface area (Å²) in [7, 11) is 0. The minimum Gasteiger partial charge on any atom is -0.379 e. The molecule has 1 aromatic heterocycles. The van der Waals surface area contributed by atoms with E-state index >= 15 is 0 Å². The van der Waals surface area contributed by atoms with Crippen LogP contribution in [-0.2, 0) is 22.5 Å². The monoisotopic (exact) mass is 298 g/mol. The van der Waals surface area contributed by atoms with E-state index in [0.717, 1.165) is 50.0 Å². The fraction of sp³-hybridized carbons (Fsp3) is 0.692. The summed E-state index contributed by atoms with van der Waals surface area (Å²) in [5, 5.41) is 5.71. The number of aromatic nitrogens is 1. The molecule has 1 saturated heterocycles. The summed E-state index contributed by atoms with van der Waals surface area (Å²) in [6, 6.07) is 0. The van der Waals surface area contributed by atoms with Crippen molar-refractivity contribution in [3.05, 3.63) is 16.1 Å². The van der Waals surface area contributed by atoms with Gasteiger partial charge in [-0.3, -0.25) is 9.69 Å². The number of ether oxygens (including phenoxy) is 1. The Kier molecular flexibility index (Phi) is 6.38. The van der Waals surface area contributed by atoms with Crippen molar-refractivity contribution >= 4 is 17.2 Å². The third kappa shape index (κ3) is 5.16. The van der Waals surface area contributed by atoms with Gasteiger partial charge in [0.15, 0.2) is 0 Å². The van der Waals surface area contributed by atoms with Gasteiger partial charge in [0.1, 0.15) is 5.01 Å². The maximum absolute atomic E-state index is 11.7. The Bertz CT molecular complexity index is 418. The SMILES string of the molecule is NCc1nc(CC(=O)NCCCN2CCOCC2)cs1. The number of morpholine rings is 1. The zero-order valence-corrected chi connectivity index (χ0v) is 12.5. The maximum Gasteiger partial charge on any atom is 0.226 e. The van der Waals surface area contributed by atoms with Crippen LogP contribution in [-0.4, -0.2) is 55.2 Å². The second-order valence-corrected chi connectivity index (χ2v) is 5.71. The summed E-state index contributed by atoms with van der Waals surface area (Å²) < 4.78 is 5.30. The number of amides is 1. The normalized spacial score (nSPS) is 16.2. The molecule has 7 heteroatoms. The van der Waals surface area contributed by atoms with Crippen molar-refractivity contribution in [3.8, 4) is 0 Å². The van der Waals surface area contributed by atoms with E-state index in [-0.39, 0.29) is 5.91 Å². The molecular formula is C13H22N4O2S. The van der Waals surface area contributed by atoms with E-state index < -0.39 is 0 Å². The van der Waals surface area contributed by atoms with E-state index in [2.05, 4.69) is 15.2 Å². The molecule has 1 fully saturated rings. The van der Waals surface area contributed by atoms with Crippen molar-refractivity contribution in [2.45, 2.75) is 19.4 Å². The summed E-state index contributed by atoms with van der Waals surface area (Å²) in [5.41, 5.74) is 6.30. The largest absolute Gasteiger partial charge is 0.379 e. The minimum absolute atomic E-state index is 0.0286. The molecule has 2 heterocycles. The zero-order valence-electron chi connectivity index (χ0n) is 11.6. The molecule has 2 rings (SSSR count). The van der Waals surface area contributed by atoms with Crippen molar-refractivity contribution in [1.29, 1.82) is 0 Å². The molecule has 1 aliphatic heterocycles. The molecule has 0 bridgehead atoms. The van der Waals surface area contributed by atoms with Crippen LogP contribution in [0.15, 0.2) is 5.38 Å². The van der Waals surface area contributed by atoms with Gasteiger partial charge in [0.25, 0.3) is 0 Å². The maximum atomic E-state index is 11.7. The van der Waals surface area contributed by atoms with Gasteiger partial charge in [-0.15, -0.1) is 11.3 Å². The van der Waals surface area contributed by atoms with Crippen molar-refractivity contribution in [2.75, 3.05) is 39.4 Å². The van der Waals surface area contributed by atoms with Gasteiger partial charge in [0.05, 0.1) is 25.3 Å². The number of nitrogens with one attached hydrogen (secondary N) is 1. The summed E-state index contributed by atoms with van der Waals surface area (Å²) in [4.78, 5) is 18.4. The van der Waals surface area contributed by atoms with Crippen LogP contribution in [0.5, 0.6) is 0 Å². The van der Waals surface area contributed by atoms with Crippen molar-refractivity contribution in [3.63, 3.8) is 0 Å². The third-order valence-corrected chi connectivity index (χ3v) is 4.11. The van der Waals surface area contributed by atoms with E-state index in [1.807, 2.05) is 5.38 Å². The van der Waals surface area contributed by atoms with Crippen molar-refractivity contribution in [2.24, 2.45) is 5.73 Å². The first kappa shape index (κ1) is 15.4. The minimum atomic E-state index is 0.0286. The summed E-state index contributed by atoms with van der Waals surface area (Å²) in [6.45, 7) is 5.79. The van der Waals surface area contributed by atoms with E-state index in [1.54, 1.807) is 0 Å². The van der Waals surface area contributed by atoms with Crippen LogP contribution in [0.25, 0.3) is 0 Å². The predicted molar refractivity (Wildman–Crippen MR) is 78.6 cm³/mol. The zero-order chi connectivity index (χ0) is 14.2. The molecule has 20 heavy (non-hydrogen) atoms. The average Bonchev–Trinajstić information content (AvgIpc) is 2.92. The van der Waals surface area contributed by atoms with Crippen LogP contribution >= 0.6 is 11.3 Å². The lowest BCUT2D eigenvalue weighted by atomic mass is 10.3. The second kappa shape index (κ2) is 8.31. The highest BCUT2D eigenvalue weighted by atomic mass is 32.1. The first-order chi connectivity index (χ1) is 9.78. The number of carbonyl (C=O) groups excluding carboxylic acids is 1. The second-order valence-electron chi connectivity index (χ2n) is 4.77. The summed E-state index contributed by atoms with van der Waals surface area (Å²) in [5.74, 6) is 0.0286. The molecule has 0 aromatic carbocycles. The molecule has 112 valence electrons. The lowest BCUT2D eigenvalue weighted by molar-refractivity contribution is -0.120. The van der Waals surface area contributed by atoms with Gasteiger partial charge in [-0.25, -0.2) is 4.98 Å². The van der Waals surface area contributed by atoms with E-state index in [1.165, 1.54) is 11.3 Å². The lowest BCUT2D eigenvalue weighted by Crippen LogP contribution is -2.38. The average molecular weight is 298 g/mol. The lowest BCUT2D eigenvalue weighted by Gasteiger charge is -2.26. The molecular weight excluding hydrogens is 276 g/mol. The quantitative estimate of drug-likeness (QED) is 0.692. The van der Waals surface area contributed by atoms with Crippen molar-refractivity contribution in [1.82, 2.24) is 15.2 Å². The van der Waals surface area contributed by atoms with Crippen molar-refractivity contribution < 1.29 is 9.53 Å². The first-order valence-electron chi connectivity index (χ1n) is 6.98. The Morgan fingerprint density at radius 1 is 1.50 bits per heavy atom. The highest BCUT2D eigenvalue weighted by Crippen LogP contribution is 2.09. The highest BCUT2D eigenvalue weighted by molar-refractivity contribution is 7.09. The number of nitrogens with zero attached hydrogens (tertiary/aromatic N) is 2. The number of thiazole rings is 1. The number of hydrogen-bond donors (Lipinski definition) is 2. The van der Waals surface area contributed by atoms with E-state index in [9.17, 15) is 4.79 Å². The van der Waals surface area contributed by atoms with Gasteiger partial charge in [-0.05, 0) is 13.0 Å². The molecule has 0 saturated carbocycles. The molecule has 1 aromatic rings. The number of rotatable bonds is 7. The Hall–Kier alpha value is -1.02. The molecule has 1 aliphatic rings. The Morgan fingerprint density at radius 2 is 2.30 bits per heavy atom. The van der Waals surface area contributed by atoms with Crippen LogP contribution in [0.1, 0.15) is 17.1 Å². The van der Waals surface area contributed by atoms with Gasteiger partial charge in [0, 0.05) is 31.6 Å². The standard InChI is InChI=1S/C13H22N4O2S/c14-9-13-16-11(10-20-13)8-12(18)15-2-1-3-17-4-6-19-7-5-17/h10H,1-9,14H2,(H,15,18). The number of carbonyl (C=O) groups is 1. The van der Waals surface area contributed by atoms with E-state index in [4.69, 9.17) is 10.5 Å². The van der Waals surface area contributed by atoms with Crippen LogP contribution in [0, 0.1) is 0 Å². The van der Waals surface area contributed by atoms with E-state index in [0.29, 0.717) is 19.5 Å². The fourth-order valence-electron chi connectivity index (χ4n) is 2.11. The van der Waals surface area contributed by atoms with Gasteiger partial charge in [0.2, 0.25) is 5.91 Å². The Labute approximate surface area is 123 Å². The van der Waals surface area contributed by atoms with Gasteiger partial charge in [-0.2, -0.15) is 0 Å². The molecule has 1 amide bonds.